The van der Waals surface area contributed by atoms with Gasteiger partial charge < -0.3 is 9.64 Å². The van der Waals surface area contributed by atoms with Crippen LogP contribution in [0.4, 0.5) is 0 Å². The van der Waals surface area contributed by atoms with E-state index in [4.69, 9.17) is 16.3 Å². The molecule has 5 heteroatoms. The zero-order valence-electron chi connectivity index (χ0n) is 11.2. The van der Waals surface area contributed by atoms with E-state index in [1.165, 1.54) is 0 Å². The second kappa shape index (κ2) is 7.31. The summed E-state index contributed by atoms with van der Waals surface area (Å²) in [6.07, 6.45) is 0.453. The summed E-state index contributed by atoms with van der Waals surface area (Å²) >= 11 is 7.40. The molecule has 0 N–H and O–H groups in total. The van der Waals surface area contributed by atoms with Gasteiger partial charge in [0.05, 0.1) is 13.0 Å². The highest BCUT2D eigenvalue weighted by atomic mass is 35.5. The predicted octanol–water partition coefficient (Wildman–Crippen LogP) is 3.48. The van der Waals surface area contributed by atoms with E-state index in [1.54, 1.807) is 35.4 Å². The maximum absolute atomic E-state index is 12.0. The molecule has 106 valence electrons. The topological polar surface area (TPSA) is 29.5 Å². The van der Waals surface area contributed by atoms with E-state index in [0.29, 0.717) is 24.6 Å². The Bertz CT molecular complexity index is 540. The number of hydrogen-bond acceptors (Lipinski definition) is 3. The van der Waals surface area contributed by atoms with E-state index in [1.807, 2.05) is 29.6 Å². The zero-order chi connectivity index (χ0) is 14.4. The molecule has 0 radical (unpaired) electrons. The van der Waals surface area contributed by atoms with Crippen molar-refractivity contribution in [2.75, 3.05) is 20.2 Å². The summed E-state index contributed by atoms with van der Waals surface area (Å²) in [6.45, 7) is 1.03. The van der Waals surface area contributed by atoms with Gasteiger partial charge in [-0.3, -0.25) is 4.79 Å². The number of rotatable bonds is 6. The Kier molecular flexibility index (Phi) is 5.44. The van der Waals surface area contributed by atoms with Crippen molar-refractivity contribution in [1.29, 1.82) is 0 Å². The van der Waals surface area contributed by atoms with Gasteiger partial charge in [0.15, 0.2) is 0 Å². The van der Waals surface area contributed by atoms with Crippen molar-refractivity contribution in [2.45, 2.75) is 6.42 Å². The Morgan fingerprint density at radius 2 is 2.05 bits per heavy atom. The van der Waals surface area contributed by atoms with Crippen LogP contribution in [0.15, 0.2) is 41.8 Å². The maximum Gasteiger partial charge on any atom is 0.227 e. The molecule has 1 amide bonds. The Labute approximate surface area is 127 Å². The number of halogens is 1. The highest BCUT2D eigenvalue weighted by molar-refractivity contribution is 7.10. The number of hydrogen-bond donors (Lipinski definition) is 0. The summed E-state index contributed by atoms with van der Waals surface area (Å²) in [7, 11) is 1.79. The molecule has 1 aromatic heterocycles. The van der Waals surface area contributed by atoms with Crippen LogP contribution in [0.3, 0.4) is 0 Å². The van der Waals surface area contributed by atoms with E-state index in [0.717, 1.165) is 10.6 Å². The number of amides is 1. The van der Waals surface area contributed by atoms with Gasteiger partial charge in [0.25, 0.3) is 0 Å². The molecule has 0 unspecified atom stereocenters. The molecule has 0 bridgehead atoms. The van der Waals surface area contributed by atoms with Gasteiger partial charge in [0.2, 0.25) is 5.91 Å². The van der Waals surface area contributed by atoms with E-state index < -0.39 is 0 Å². The van der Waals surface area contributed by atoms with Crippen LogP contribution < -0.4 is 4.74 Å². The lowest BCUT2D eigenvalue weighted by Crippen LogP contribution is -2.31. The molecular weight excluding hydrogens is 294 g/mol. The fraction of sp³-hybridized carbons (Fsp3) is 0.267. The number of thiophene rings is 1. The van der Waals surface area contributed by atoms with Crippen molar-refractivity contribution in [2.24, 2.45) is 0 Å². The SMILES string of the molecule is CN(CCOc1ccc(Cl)cc1)C(=O)Cc1cccs1. The number of ether oxygens (including phenoxy) is 1. The number of carbonyl (C=O) groups is 1. The van der Waals surface area contributed by atoms with Gasteiger partial charge in [-0.15, -0.1) is 11.3 Å². The Hall–Kier alpha value is -1.52. The van der Waals surface area contributed by atoms with Crippen LogP contribution in [0, 0.1) is 0 Å². The molecule has 0 aliphatic rings. The molecule has 3 nitrogen and oxygen atoms in total. The fourth-order valence-electron chi connectivity index (χ4n) is 1.65. The maximum atomic E-state index is 12.0. The van der Waals surface area contributed by atoms with Crippen LogP contribution in [-0.4, -0.2) is 31.0 Å². The Balaban J connectivity index is 1.73. The largest absolute Gasteiger partial charge is 0.492 e. The summed E-state index contributed by atoms with van der Waals surface area (Å²) < 4.78 is 5.57. The molecule has 0 fully saturated rings. The van der Waals surface area contributed by atoms with E-state index in [-0.39, 0.29) is 5.91 Å². The van der Waals surface area contributed by atoms with Crippen molar-refractivity contribution in [3.05, 3.63) is 51.7 Å². The quantitative estimate of drug-likeness (QED) is 0.817. The van der Waals surface area contributed by atoms with E-state index in [9.17, 15) is 4.79 Å². The molecule has 0 saturated carbocycles. The third-order valence-corrected chi connectivity index (χ3v) is 3.97. The summed E-state index contributed by atoms with van der Waals surface area (Å²) in [6, 6.07) is 11.1. The van der Waals surface area contributed by atoms with Crippen LogP contribution in [0.1, 0.15) is 4.88 Å². The smallest absolute Gasteiger partial charge is 0.227 e. The lowest BCUT2D eigenvalue weighted by molar-refractivity contribution is -0.129. The third kappa shape index (κ3) is 4.54. The first-order valence-corrected chi connectivity index (χ1v) is 7.55. The van der Waals surface area contributed by atoms with Gasteiger partial charge in [0.1, 0.15) is 12.4 Å². The second-order valence-corrected chi connectivity index (χ2v) is 5.84. The molecule has 2 aromatic rings. The van der Waals surface area contributed by atoms with Gasteiger partial charge in [-0.25, -0.2) is 0 Å². The zero-order valence-corrected chi connectivity index (χ0v) is 12.8. The molecule has 1 heterocycles. The molecule has 2 rings (SSSR count). The van der Waals surface area contributed by atoms with Gasteiger partial charge in [-0.05, 0) is 35.7 Å². The highest BCUT2D eigenvalue weighted by Crippen LogP contribution is 2.15. The first-order chi connectivity index (χ1) is 9.65. The van der Waals surface area contributed by atoms with E-state index >= 15 is 0 Å². The normalized spacial score (nSPS) is 10.3. The average molecular weight is 310 g/mol. The summed E-state index contributed by atoms with van der Waals surface area (Å²) in [5.41, 5.74) is 0. The number of carbonyl (C=O) groups excluding carboxylic acids is 1. The lowest BCUT2D eigenvalue weighted by atomic mass is 10.3. The Morgan fingerprint density at radius 3 is 2.70 bits per heavy atom. The van der Waals surface area contributed by atoms with E-state index in [2.05, 4.69) is 0 Å². The number of benzene rings is 1. The molecule has 0 spiro atoms. The fourth-order valence-corrected chi connectivity index (χ4v) is 2.47. The minimum atomic E-state index is 0.104. The molecule has 0 aliphatic carbocycles. The van der Waals surface area contributed by atoms with Crippen LogP contribution in [-0.2, 0) is 11.2 Å². The highest BCUT2D eigenvalue weighted by Gasteiger charge is 2.10. The molecule has 0 saturated heterocycles. The van der Waals surface area contributed by atoms with Crippen molar-refractivity contribution in [3.63, 3.8) is 0 Å². The van der Waals surface area contributed by atoms with Crippen molar-refractivity contribution in [1.82, 2.24) is 4.90 Å². The molecule has 0 aliphatic heterocycles. The minimum Gasteiger partial charge on any atom is -0.492 e. The van der Waals surface area contributed by atoms with Crippen molar-refractivity contribution < 1.29 is 9.53 Å². The molecular formula is C15H16ClNO2S. The first kappa shape index (κ1) is 14.9. The van der Waals surface area contributed by atoms with Crippen LogP contribution in [0.25, 0.3) is 0 Å². The van der Waals surface area contributed by atoms with Gasteiger partial charge in [-0.1, -0.05) is 17.7 Å². The third-order valence-electron chi connectivity index (χ3n) is 2.84. The van der Waals surface area contributed by atoms with Gasteiger partial charge in [-0.2, -0.15) is 0 Å². The second-order valence-electron chi connectivity index (χ2n) is 4.37. The first-order valence-electron chi connectivity index (χ1n) is 6.30. The molecule has 20 heavy (non-hydrogen) atoms. The molecule has 0 atom stereocenters. The van der Waals surface area contributed by atoms with Crippen LogP contribution in [0.2, 0.25) is 5.02 Å². The van der Waals surface area contributed by atoms with Crippen molar-refractivity contribution >= 4 is 28.8 Å². The predicted molar refractivity (Wildman–Crippen MR) is 82.6 cm³/mol. The Morgan fingerprint density at radius 1 is 1.30 bits per heavy atom. The number of likely N-dealkylation sites (N-methyl/N-ethyl adjacent to an activating group) is 1. The average Bonchev–Trinajstić information content (AvgIpc) is 2.93. The lowest BCUT2D eigenvalue weighted by Gasteiger charge is -2.17. The number of nitrogens with zero attached hydrogens (tertiary/aromatic N) is 1. The van der Waals surface area contributed by atoms with Crippen molar-refractivity contribution in [3.8, 4) is 5.75 Å². The monoisotopic (exact) mass is 309 g/mol. The van der Waals surface area contributed by atoms with Gasteiger partial charge >= 0.3 is 0 Å². The molecule has 1 aromatic carbocycles. The van der Waals surface area contributed by atoms with Crippen LogP contribution >= 0.6 is 22.9 Å². The summed E-state index contributed by atoms with van der Waals surface area (Å²) in [5, 5.41) is 2.66. The summed E-state index contributed by atoms with van der Waals surface area (Å²) in [5.74, 6) is 0.862. The van der Waals surface area contributed by atoms with Gasteiger partial charge in [0, 0.05) is 16.9 Å². The minimum absolute atomic E-state index is 0.104. The van der Waals surface area contributed by atoms with Crippen LogP contribution in [0.5, 0.6) is 5.75 Å². The standard InChI is InChI=1S/C15H16ClNO2S/c1-17(15(18)11-14-3-2-10-20-14)8-9-19-13-6-4-12(16)5-7-13/h2-7,10H,8-9,11H2,1H3. The summed E-state index contributed by atoms with van der Waals surface area (Å²) in [4.78, 5) is 14.7.